The molecule has 8 saturated heterocycles. The molecule has 0 aromatic carbocycles. The second-order valence-electron chi connectivity index (χ2n) is 25.3. The maximum atomic E-state index is 13.2. The standard InChI is InChI=1S/C56H94N4O39/c1-13-29(70)37(78)39(80)53(86-13)85-12-24-45(46(28(49(84)88-24)60-18(6)69)97-54-40(81)38(79)30(71)14(2)87-54)96-52-27(59-17(5)68)36(77)43(22(10-64)92-52)95-55-42(83)47(33(74)21(9-63)91-55)98-56-48(99-51-26(58-16(4)67)35(76)32(73)20(8-62)90-51)41(82)44(23(11-65)93-56)94-50-25(57-15(3)66)34(75)31(72)19(7-61)89-50/h13-14,19-56,61-65,70-84H,7-12H2,1-6H3,(H,57,66)(H,58,67)(H,59,68)(H,60,69)/t13-,14-,19+,20+,21+,22+,23+,24+,25+,26+,27+,28+,29+,30+,31+,32+,33+,34+,35+,36+,37+,38+,39-,40-,41-,42-,43+,44+,45+,46+,47-,48-,49+,50-,51-,52-,53+,54-,55-,56+/m0/s1. The molecule has 8 aliphatic heterocycles. The van der Waals surface area contributed by atoms with E-state index in [2.05, 4.69) is 21.3 Å². The first-order valence-corrected chi connectivity index (χ1v) is 31.8. The van der Waals surface area contributed by atoms with E-state index in [9.17, 15) is 121 Å². The molecule has 43 nitrogen and oxygen atoms in total. The smallest absolute Gasteiger partial charge is 0.217 e. The number of nitrogens with one attached hydrogen (secondary N) is 4. The zero-order chi connectivity index (χ0) is 73.1. The Labute approximate surface area is 562 Å². The van der Waals surface area contributed by atoms with Gasteiger partial charge in [-0.25, -0.2) is 0 Å². The van der Waals surface area contributed by atoms with Crippen LogP contribution in [0.25, 0.3) is 0 Å². The molecule has 43 heteroatoms. The number of aliphatic hydroxyl groups is 20. The summed E-state index contributed by atoms with van der Waals surface area (Å²) in [6.07, 6.45) is -70.2. The van der Waals surface area contributed by atoms with Gasteiger partial charge in [0, 0.05) is 27.7 Å². The molecule has 0 aromatic rings. The van der Waals surface area contributed by atoms with Crippen LogP contribution in [-0.4, -0.2) is 411 Å². The second kappa shape index (κ2) is 35.0. The van der Waals surface area contributed by atoms with Crippen LogP contribution in [0.4, 0.5) is 0 Å². The molecular weight excluding hydrogens is 1350 g/mol. The van der Waals surface area contributed by atoms with E-state index in [0.717, 1.165) is 27.7 Å². The van der Waals surface area contributed by atoms with Crippen molar-refractivity contribution in [1.82, 2.24) is 21.3 Å². The number of rotatable bonds is 24. The van der Waals surface area contributed by atoms with Crippen molar-refractivity contribution in [2.24, 2.45) is 0 Å². The van der Waals surface area contributed by atoms with E-state index >= 15 is 0 Å². The van der Waals surface area contributed by atoms with Crippen LogP contribution in [0.2, 0.25) is 0 Å². The molecule has 40 atom stereocenters. The molecule has 24 N–H and O–H groups in total. The first-order valence-electron chi connectivity index (χ1n) is 31.8. The minimum atomic E-state index is -2.43. The van der Waals surface area contributed by atoms with Gasteiger partial charge in [-0.1, -0.05) is 0 Å². The van der Waals surface area contributed by atoms with Crippen LogP contribution in [0, 0.1) is 0 Å². The number of amides is 4. The molecule has 99 heavy (non-hydrogen) atoms. The van der Waals surface area contributed by atoms with Gasteiger partial charge in [-0.3, -0.25) is 19.2 Å². The number of hydrogen-bond donors (Lipinski definition) is 24. The van der Waals surface area contributed by atoms with Gasteiger partial charge in [0.1, 0.15) is 183 Å². The molecule has 0 saturated carbocycles. The lowest BCUT2D eigenvalue weighted by Gasteiger charge is -2.52. The molecule has 4 amide bonds. The fraction of sp³-hybridized carbons (Fsp3) is 0.929. The van der Waals surface area contributed by atoms with Gasteiger partial charge in [-0.05, 0) is 13.8 Å². The van der Waals surface area contributed by atoms with Crippen molar-refractivity contribution in [1.29, 1.82) is 0 Å². The van der Waals surface area contributed by atoms with E-state index in [1.807, 2.05) is 0 Å². The van der Waals surface area contributed by atoms with Gasteiger partial charge in [0.15, 0.2) is 50.3 Å². The quantitative estimate of drug-likeness (QED) is 0.0427. The molecule has 0 radical (unpaired) electrons. The lowest BCUT2D eigenvalue weighted by molar-refractivity contribution is -0.401. The van der Waals surface area contributed by atoms with Crippen molar-refractivity contribution in [3.05, 3.63) is 0 Å². The molecule has 8 rings (SSSR count). The Kier molecular flexibility index (Phi) is 28.7. The minimum Gasteiger partial charge on any atom is -0.394 e. The third kappa shape index (κ3) is 18.1. The summed E-state index contributed by atoms with van der Waals surface area (Å²) < 4.78 is 89.8. The number of carbonyl (C=O) groups is 4. The van der Waals surface area contributed by atoms with E-state index < -0.39 is 309 Å². The van der Waals surface area contributed by atoms with Gasteiger partial charge in [-0.2, -0.15) is 0 Å². The first kappa shape index (κ1) is 81.2. The highest BCUT2D eigenvalue weighted by molar-refractivity contribution is 5.74. The zero-order valence-corrected chi connectivity index (χ0v) is 54.0. The molecule has 0 bridgehead atoms. The Morgan fingerprint density at radius 3 is 1.10 bits per heavy atom. The summed E-state index contributed by atoms with van der Waals surface area (Å²) in [5.74, 6) is -3.46. The fourth-order valence-electron chi connectivity index (χ4n) is 12.9. The van der Waals surface area contributed by atoms with Crippen LogP contribution in [0.3, 0.4) is 0 Å². The Hall–Kier alpha value is -3.52. The maximum absolute atomic E-state index is 13.2. The Balaban J connectivity index is 1.11. The average molecular weight is 1450 g/mol. The predicted octanol–water partition coefficient (Wildman–Crippen LogP) is -15.8. The average Bonchev–Trinajstić information content (AvgIpc) is 0.769. The van der Waals surface area contributed by atoms with Crippen LogP contribution < -0.4 is 21.3 Å². The second-order valence-corrected chi connectivity index (χ2v) is 25.3. The van der Waals surface area contributed by atoms with Gasteiger partial charge in [0.2, 0.25) is 23.6 Å². The number of ether oxygens (including phenoxy) is 15. The number of hydrogen-bond acceptors (Lipinski definition) is 39. The number of carbonyl (C=O) groups excluding carboxylic acids is 4. The summed E-state index contributed by atoms with van der Waals surface area (Å²) in [5.41, 5.74) is 0. The van der Waals surface area contributed by atoms with Crippen LogP contribution >= 0.6 is 0 Å². The van der Waals surface area contributed by atoms with Gasteiger partial charge in [-0.15, -0.1) is 0 Å². The van der Waals surface area contributed by atoms with Crippen LogP contribution in [-0.2, 0) is 90.2 Å². The van der Waals surface area contributed by atoms with Crippen molar-refractivity contribution >= 4 is 23.6 Å². The van der Waals surface area contributed by atoms with Crippen LogP contribution in [0.1, 0.15) is 41.5 Å². The van der Waals surface area contributed by atoms with Crippen molar-refractivity contribution < 1.29 is 192 Å². The molecule has 572 valence electrons. The van der Waals surface area contributed by atoms with Gasteiger partial charge in [0.25, 0.3) is 0 Å². The van der Waals surface area contributed by atoms with Crippen molar-refractivity contribution in [3.63, 3.8) is 0 Å². The SMILES string of the molecule is CC(=O)N[C@@H]1[C@@H](O[C@@H]2O[C@@H](C)[C@@H](O)[C@@H](O)[C@@H]2O)[C@H](O[C@@H]2O[C@H](CO)[C@@H](O[C@@H]3O[C@H](CO)[C@@H](O)[C@H](O[C@H]4O[C@H](CO)[C@@H](O[C@@H]5O[C@H](CO)[C@@H](O)[C@H](O)[C@H]5NC(C)=O)[C@H](O)[C@@H]4O[C@@H]4O[C@H](CO)[C@@H](O)[C@H](O)[C@H]4NC(C)=O)[C@@H]3O)[C@H](O)[C@H]2NC(C)=O)[C@@H](CO[C@@H]2O[C@@H](C)[C@@H](O)[C@@H](O)[C@@H]2O)O[C@H]1O. The van der Waals surface area contributed by atoms with E-state index in [-0.39, 0.29) is 0 Å². The summed E-state index contributed by atoms with van der Waals surface area (Å²) in [6.45, 7) is 0.285. The highest BCUT2D eigenvalue weighted by Gasteiger charge is 2.60. The van der Waals surface area contributed by atoms with Crippen molar-refractivity contribution in [2.75, 3.05) is 39.6 Å². The Morgan fingerprint density at radius 2 is 0.626 bits per heavy atom. The Bertz CT molecular complexity index is 2600. The lowest BCUT2D eigenvalue weighted by Crippen LogP contribution is -2.71. The lowest BCUT2D eigenvalue weighted by atomic mass is 9.93. The van der Waals surface area contributed by atoms with Gasteiger partial charge >= 0.3 is 0 Å². The molecule has 0 unspecified atom stereocenters. The normalized spacial score (nSPS) is 49.1. The van der Waals surface area contributed by atoms with E-state index in [1.54, 1.807) is 0 Å². The topological polar surface area (TPSA) is 659 Å². The van der Waals surface area contributed by atoms with Gasteiger partial charge in [0.05, 0.1) is 51.8 Å². The molecule has 8 aliphatic rings. The largest absolute Gasteiger partial charge is 0.394 e. The predicted molar refractivity (Wildman–Crippen MR) is 308 cm³/mol. The summed E-state index contributed by atoms with van der Waals surface area (Å²) >= 11 is 0. The van der Waals surface area contributed by atoms with Crippen LogP contribution in [0.5, 0.6) is 0 Å². The van der Waals surface area contributed by atoms with Gasteiger partial charge < -0.3 is 194 Å². The first-order chi connectivity index (χ1) is 46.7. The third-order valence-electron chi connectivity index (χ3n) is 18.2. The third-order valence-corrected chi connectivity index (χ3v) is 18.2. The fourth-order valence-corrected chi connectivity index (χ4v) is 12.9. The van der Waals surface area contributed by atoms with Crippen molar-refractivity contribution in [2.45, 2.75) is 287 Å². The molecule has 0 spiro atoms. The summed E-state index contributed by atoms with van der Waals surface area (Å²) in [7, 11) is 0. The molecular formula is C56H94N4O39. The summed E-state index contributed by atoms with van der Waals surface area (Å²) in [5, 5.41) is 231. The van der Waals surface area contributed by atoms with E-state index in [4.69, 9.17) is 71.1 Å². The monoisotopic (exact) mass is 1450 g/mol. The van der Waals surface area contributed by atoms with E-state index in [0.29, 0.717) is 0 Å². The summed E-state index contributed by atoms with van der Waals surface area (Å²) in [4.78, 5) is 51.0. The zero-order valence-electron chi connectivity index (χ0n) is 54.0. The Morgan fingerprint density at radius 1 is 0.283 bits per heavy atom. The van der Waals surface area contributed by atoms with Crippen LogP contribution in [0.15, 0.2) is 0 Å². The highest BCUT2D eigenvalue weighted by atomic mass is 16.8. The molecule has 8 heterocycles. The maximum Gasteiger partial charge on any atom is 0.217 e. The number of aliphatic hydroxyl groups excluding tert-OH is 20. The molecule has 0 aromatic heterocycles. The highest BCUT2D eigenvalue weighted by Crippen LogP contribution is 2.40. The summed E-state index contributed by atoms with van der Waals surface area (Å²) in [6, 6.07) is -7.21. The van der Waals surface area contributed by atoms with Crippen molar-refractivity contribution in [3.8, 4) is 0 Å². The minimum absolute atomic E-state index is 0.815. The molecule has 0 aliphatic carbocycles. The molecule has 8 fully saturated rings. The van der Waals surface area contributed by atoms with E-state index in [1.165, 1.54) is 13.8 Å².